The lowest BCUT2D eigenvalue weighted by atomic mass is 10.3. The van der Waals surface area contributed by atoms with Crippen molar-refractivity contribution >= 4 is 28.7 Å². The van der Waals surface area contributed by atoms with E-state index in [2.05, 4.69) is 15.3 Å². The molecule has 2 N–H and O–H groups in total. The summed E-state index contributed by atoms with van der Waals surface area (Å²) < 4.78 is 0. The quantitative estimate of drug-likeness (QED) is 0.817. The molecule has 1 atom stereocenters. The van der Waals surface area contributed by atoms with Crippen molar-refractivity contribution in [3.63, 3.8) is 0 Å². The number of nitrogens with zero attached hydrogens (tertiary/aromatic N) is 2. The average molecular weight is 291 g/mol. The van der Waals surface area contributed by atoms with Gasteiger partial charge in [-0.05, 0) is 26.0 Å². The monoisotopic (exact) mass is 291 g/mol. The van der Waals surface area contributed by atoms with Crippen LogP contribution in [-0.4, -0.2) is 39.4 Å². The van der Waals surface area contributed by atoms with Crippen LogP contribution in [0.4, 0.5) is 0 Å². The van der Waals surface area contributed by atoms with E-state index in [1.54, 1.807) is 6.92 Å². The molecule has 0 aliphatic carbocycles. The maximum absolute atomic E-state index is 11.6. The van der Waals surface area contributed by atoms with Crippen molar-refractivity contribution in [3.8, 4) is 0 Å². The average Bonchev–Trinajstić information content (AvgIpc) is 2.42. The first kappa shape index (κ1) is 14.7. The van der Waals surface area contributed by atoms with Gasteiger partial charge in [-0.2, -0.15) is 0 Å². The van der Waals surface area contributed by atoms with Gasteiger partial charge >= 0.3 is 0 Å². The molecule has 5 nitrogen and oxygen atoms in total. The minimum atomic E-state index is -0.536. The highest BCUT2D eigenvalue weighted by Gasteiger charge is 2.09. The number of hydrogen-bond donors (Lipinski definition) is 2. The van der Waals surface area contributed by atoms with Crippen LogP contribution >= 0.6 is 11.8 Å². The van der Waals surface area contributed by atoms with Crippen LogP contribution in [0.1, 0.15) is 12.6 Å². The van der Waals surface area contributed by atoms with Gasteiger partial charge in [0.2, 0.25) is 5.91 Å². The standard InChI is InChI=1S/C14H17N3O2S/c1-9(18)7-15-13(19)8-20-14-10(2)16-11-5-3-4-6-12(11)17-14/h3-6,9,18H,7-8H2,1-2H3,(H,15,19)/t9-/m0/s1. The topological polar surface area (TPSA) is 75.1 Å². The number of carbonyl (C=O) groups excluding carboxylic acids is 1. The first-order valence-electron chi connectivity index (χ1n) is 6.37. The van der Waals surface area contributed by atoms with E-state index < -0.39 is 6.10 Å². The Kier molecular flexibility index (Phi) is 4.92. The lowest BCUT2D eigenvalue weighted by Crippen LogP contribution is -2.31. The fourth-order valence-corrected chi connectivity index (χ4v) is 2.44. The van der Waals surface area contributed by atoms with Gasteiger partial charge in [0.05, 0.1) is 28.6 Å². The van der Waals surface area contributed by atoms with Crippen LogP contribution in [0.5, 0.6) is 0 Å². The predicted octanol–water partition coefficient (Wildman–Crippen LogP) is 1.53. The number of thioether (sulfide) groups is 1. The molecule has 1 amide bonds. The second-order valence-electron chi connectivity index (χ2n) is 4.54. The Balaban J connectivity index is 2.02. The molecule has 6 heteroatoms. The molecule has 0 saturated heterocycles. The van der Waals surface area contributed by atoms with Crippen molar-refractivity contribution in [2.45, 2.75) is 25.0 Å². The first-order valence-corrected chi connectivity index (χ1v) is 7.36. The normalized spacial score (nSPS) is 12.3. The van der Waals surface area contributed by atoms with Crippen molar-refractivity contribution in [2.24, 2.45) is 0 Å². The summed E-state index contributed by atoms with van der Waals surface area (Å²) in [6.07, 6.45) is -0.536. The Morgan fingerprint density at radius 2 is 2.00 bits per heavy atom. The zero-order valence-electron chi connectivity index (χ0n) is 11.5. The molecule has 20 heavy (non-hydrogen) atoms. The van der Waals surface area contributed by atoms with Gasteiger partial charge in [-0.15, -0.1) is 0 Å². The SMILES string of the molecule is Cc1nc2ccccc2nc1SCC(=O)NC[C@H](C)O. The maximum atomic E-state index is 11.6. The zero-order chi connectivity index (χ0) is 14.5. The third-order valence-corrected chi connectivity index (χ3v) is 3.70. The maximum Gasteiger partial charge on any atom is 0.230 e. The number of fused-ring (bicyclic) bond motifs is 1. The summed E-state index contributed by atoms with van der Waals surface area (Å²) in [5.74, 6) is 0.144. The van der Waals surface area contributed by atoms with Gasteiger partial charge in [-0.1, -0.05) is 23.9 Å². The van der Waals surface area contributed by atoms with Gasteiger partial charge < -0.3 is 10.4 Å². The van der Waals surface area contributed by atoms with Crippen LogP contribution in [0.25, 0.3) is 11.0 Å². The van der Waals surface area contributed by atoms with E-state index in [1.165, 1.54) is 11.8 Å². The zero-order valence-corrected chi connectivity index (χ0v) is 12.3. The Morgan fingerprint density at radius 1 is 1.35 bits per heavy atom. The molecule has 0 radical (unpaired) electrons. The van der Waals surface area contributed by atoms with Gasteiger partial charge in [-0.3, -0.25) is 4.79 Å². The number of rotatable bonds is 5. The minimum Gasteiger partial charge on any atom is -0.392 e. The largest absolute Gasteiger partial charge is 0.392 e. The van der Waals surface area contributed by atoms with E-state index in [9.17, 15) is 4.79 Å². The van der Waals surface area contributed by atoms with Crippen LogP contribution in [0.3, 0.4) is 0 Å². The van der Waals surface area contributed by atoms with E-state index in [4.69, 9.17) is 5.11 Å². The highest BCUT2D eigenvalue weighted by Crippen LogP contribution is 2.21. The molecular formula is C14H17N3O2S. The van der Waals surface area contributed by atoms with Gasteiger partial charge in [-0.25, -0.2) is 9.97 Å². The third kappa shape index (κ3) is 3.91. The molecule has 1 aromatic heterocycles. The molecule has 0 saturated carbocycles. The van der Waals surface area contributed by atoms with Crippen molar-refractivity contribution in [1.29, 1.82) is 0 Å². The fraction of sp³-hybridized carbons (Fsp3) is 0.357. The summed E-state index contributed by atoms with van der Waals surface area (Å²) in [6, 6.07) is 7.65. The number of aliphatic hydroxyl groups is 1. The number of nitrogens with one attached hydrogen (secondary N) is 1. The lowest BCUT2D eigenvalue weighted by Gasteiger charge is -2.08. The van der Waals surface area contributed by atoms with E-state index in [0.717, 1.165) is 21.8 Å². The van der Waals surface area contributed by atoms with E-state index >= 15 is 0 Å². The molecule has 0 fully saturated rings. The van der Waals surface area contributed by atoms with E-state index in [-0.39, 0.29) is 18.2 Å². The number of benzene rings is 1. The molecule has 0 unspecified atom stereocenters. The van der Waals surface area contributed by atoms with Crippen LogP contribution in [-0.2, 0) is 4.79 Å². The molecule has 0 bridgehead atoms. The lowest BCUT2D eigenvalue weighted by molar-refractivity contribution is -0.118. The van der Waals surface area contributed by atoms with E-state index in [1.807, 2.05) is 31.2 Å². The third-order valence-electron chi connectivity index (χ3n) is 2.64. The number of aromatic nitrogens is 2. The highest BCUT2D eigenvalue weighted by molar-refractivity contribution is 7.99. The summed E-state index contributed by atoms with van der Waals surface area (Å²) in [5.41, 5.74) is 2.50. The summed E-state index contributed by atoms with van der Waals surface area (Å²) in [6.45, 7) is 3.78. The van der Waals surface area contributed by atoms with Crippen LogP contribution in [0.15, 0.2) is 29.3 Å². The molecule has 1 aromatic carbocycles. The van der Waals surface area contributed by atoms with Crippen LogP contribution in [0.2, 0.25) is 0 Å². The number of amides is 1. The molecular weight excluding hydrogens is 274 g/mol. The molecule has 106 valence electrons. The number of carbonyl (C=O) groups is 1. The molecule has 0 aliphatic rings. The van der Waals surface area contributed by atoms with Gasteiger partial charge in [0.25, 0.3) is 0 Å². The number of aryl methyl sites for hydroxylation is 1. The van der Waals surface area contributed by atoms with Crippen LogP contribution < -0.4 is 5.32 Å². The second-order valence-corrected chi connectivity index (χ2v) is 5.51. The highest BCUT2D eigenvalue weighted by atomic mass is 32.2. The van der Waals surface area contributed by atoms with Gasteiger partial charge in [0, 0.05) is 6.54 Å². The second kappa shape index (κ2) is 6.67. The molecule has 0 aliphatic heterocycles. The Bertz CT molecular complexity index is 616. The molecule has 2 rings (SSSR count). The predicted molar refractivity (Wildman–Crippen MR) is 79.7 cm³/mol. The number of hydrogen-bond acceptors (Lipinski definition) is 5. The van der Waals surface area contributed by atoms with E-state index in [0.29, 0.717) is 0 Å². The van der Waals surface area contributed by atoms with Crippen molar-refractivity contribution in [3.05, 3.63) is 30.0 Å². The van der Waals surface area contributed by atoms with Crippen LogP contribution in [0, 0.1) is 6.92 Å². The minimum absolute atomic E-state index is 0.120. The fourth-order valence-electron chi connectivity index (χ4n) is 1.66. The number of para-hydroxylation sites is 2. The van der Waals surface area contributed by atoms with Gasteiger partial charge in [0.15, 0.2) is 0 Å². The van der Waals surface area contributed by atoms with Gasteiger partial charge in [0.1, 0.15) is 5.03 Å². The van der Waals surface area contributed by atoms with Crippen molar-refractivity contribution < 1.29 is 9.90 Å². The molecule has 2 aromatic rings. The smallest absolute Gasteiger partial charge is 0.230 e. The summed E-state index contributed by atoms with van der Waals surface area (Å²) in [7, 11) is 0. The summed E-state index contributed by atoms with van der Waals surface area (Å²) in [5, 5.41) is 12.5. The molecule has 1 heterocycles. The Hall–Kier alpha value is -1.66. The first-order chi connectivity index (χ1) is 9.56. The Labute approximate surface area is 121 Å². The summed E-state index contributed by atoms with van der Waals surface area (Å²) in [4.78, 5) is 20.6. The number of aliphatic hydroxyl groups excluding tert-OH is 1. The molecule has 0 spiro atoms. The Morgan fingerprint density at radius 3 is 2.65 bits per heavy atom. The van der Waals surface area contributed by atoms with Crippen molar-refractivity contribution in [2.75, 3.05) is 12.3 Å². The summed E-state index contributed by atoms with van der Waals surface area (Å²) >= 11 is 1.35. The van der Waals surface area contributed by atoms with Crippen molar-refractivity contribution in [1.82, 2.24) is 15.3 Å².